The molecule has 0 unspecified atom stereocenters. The fraction of sp³-hybridized carbons (Fsp3) is 0.161. The van der Waals surface area contributed by atoms with Gasteiger partial charge in [0.1, 0.15) is 16.9 Å². The molecule has 2 aromatic carbocycles. The molecule has 12 heteroatoms. The third kappa shape index (κ3) is 5.86. The van der Waals surface area contributed by atoms with Gasteiger partial charge in [-0.1, -0.05) is 12.1 Å². The highest BCUT2D eigenvalue weighted by molar-refractivity contribution is 6.04. The molecule has 0 atom stereocenters. The number of ether oxygens (including phenoxy) is 4. The molecule has 0 fully saturated rings. The van der Waals surface area contributed by atoms with Crippen LogP contribution in [0.2, 0.25) is 0 Å². The summed E-state index contributed by atoms with van der Waals surface area (Å²) in [4.78, 5) is 35.4. The number of amides is 1. The number of methoxy groups -OCH3 is 3. The van der Waals surface area contributed by atoms with Crippen molar-refractivity contribution in [2.45, 2.75) is 6.61 Å². The van der Waals surface area contributed by atoms with Gasteiger partial charge in [-0.05, 0) is 29.8 Å². The van der Waals surface area contributed by atoms with E-state index in [9.17, 15) is 14.0 Å². The number of benzene rings is 2. The van der Waals surface area contributed by atoms with Crippen molar-refractivity contribution in [2.24, 2.45) is 7.05 Å². The Labute approximate surface area is 244 Å². The Morgan fingerprint density at radius 2 is 1.72 bits per heavy atom. The Bertz CT molecular complexity index is 1890. The van der Waals surface area contributed by atoms with E-state index in [1.807, 2.05) is 0 Å². The van der Waals surface area contributed by atoms with Crippen molar-refractivity contribution in [3.8, 4) is 34.3 Å². The van der Waals surface area contributed by atoms with Gasteiger partial charge in [-0.25, -0.2) is 13.8 Å². The van der Waals surface area contributed by atoms with Gasteiger partial charge >= 0.3 is 0 Å². The number of carbonyl (C=O) groups is 1. The van der Waals surface area contributed by atoms with E-state index >= 15 is 4.39 Å². The van der Waals surface area contributed by atoms with Crippen LogP contribution in [0.15, 0.2) is 71.8 Å². The van der Waals surface area contributed by atoms with E-state index < -0.39 is 23.0 Å². The minimum atomic E-state index is -0.779. The average molecular weight is 589 g/mol. The molecule has 3 heterocycles. The summed E-state index contributed by atoms with van der Waals surface area (Å²) in [5.74, 6) is -1.35. The molecule has 10 nitrogen and oxygen atoms in total. The molecule has 5 rings (SSSR count). The van der Waals surface area contributed by atoms with Crippen LogP contribution < -0.4 is 25.0 Å². The third-order valence-corrected chi connectivity index (χ3v) is 6.60. The number of halogens is 2. The lowest BCUT2D eigenvalue weighted by Crippen LogP contribution is -2.26. The SMILES string of the molecule is COCc1c(-c2ccc(F)cc2)c(=O)c(C(=O)Nc2ccc(Oc3ccnc4cc(OC)c(OC)nc34)c(F)c2)cn1C. The summed E-state index contributed by atoms with van der Waals surface area (Å²) in [6.07, 6.45) is 2.86. The quantitative estimate of drug-likeness (QED) is 0.241. The highest BCUT2D eigenvalue weighted by Gasteiger charge is 2.21. The highest BCUT2D eigenvalue weighted by Crippen LogP contribution is 2.35. The molecule has 0 aliphatic rings. The zero-order valence-corrected chi connectivity index (χ0v) is 23.6. The molecule has 0 radical (unpaired) electrons. The van der Waals surface area contributed by atoms with Gasteiger partial charge < -0.3 is 28.8 Å². The van der Waals surface area contributed by atoms with Crippen LogP contribution in [0, 0.1) is 11.6 Å². The highest BCUT2D eigenvalue weighted by atomic mass is 19.1. The standard InChI is InChI=1S/C31H26F2N4O6/c1-37-15-20(29(38)27(23(37)16-40-2)17-5-7-18(32)8-6-17)30(39)35-19-9-10-24(21(33)13-19)43-25-11-12-34-22-14-26(41-3)31(42-4)36-28(22)25/h5-15H,16H2,1-4H3,(H,35,39). The molecule has 0 spiro atoms. The van der Waals surface area contributed by atoms with Crippen LogP contribution >= 0.6 is 0 Å². The molecular weight excluding hydrogens is 562 g/mol. The van der Waals surface area contributed by atoms with Crippen molar-refractivity contribution >= 4 is 22.6 Å². The number of nitrogens with one attached hydrogen (secondary N) is 1. The summed E-state index contributed by atoms with van der Waals surface area (Å²) in [6.45, 7) is 0.0790. The number of aryl methyl sites for hydroxylation is 1. The van der Waals surface area contributed by atoms with Crippen LogP contribution in [0.4, 0.5) is 14.5 Å². The lowest BCUT2D eigenvalue weighted by atomic mass is 10.0. The first kappa shape index (κ1) is 29.1. The Hall–Kier alpha value is -5.36. The Morgan fingerprint density at radius 3 is 2.40 bits per heavy atom. The van der Waals surface area contributed by atoms with Crippen LogP contribution in [0.5, 0.6) is 23.1 Å². The smallest absolute Gasteiger partial charge is 0.261 e. The van der Waals surface area contributed by atoms with Crippen molar-refractivity contribution < 1.29 is 32.5 Å². The second-order valence-corrected chi connectivity index (χ2v) is 9.32. The zero-order chi connectivity index (χ0) is 30.7. The van der Waals surface area contributed by atoms with Gasteiger partial charge in [-0.2, -0.15) is 0 Å². The van der Waals surface area contributed by atoms with Gasteiger partial charge in [0, 0.05) is 50.4 Å². The molecule has 3 aromatic heterocycles. The number of nitrogens with zero attached hydrogens (tertiary/aromatic N) is 3. The topological polar surface area (TPSA) is 114 Å². The van der Waals surface area contributed by atoms with Crippen molar-refractivity contribution in [1.29, 1.82) is 0 Å². The Kier molecular flexibility index (Phi) is 8.30. The summed E-state index contributed by atoms with van der Waals surface area (Å²) in [5, 5.41) is 2.56. The number of hydrogen-bond acceptors (Lipinski definition) is 8. The van der Waals surface area contributed by atoms with E-state index in [2.05, 4.69) is 15.3 Å². The van der Waals surface area contributed by atoms with E-state index in [0.29, 0.717) is 28.0 Å². The molecule has 5 aromatic rings. The molecule has 43 heavy (non-hydrogen) atoms. The first-order valence-corrected chi connectivity index (χ1v) is 12.9. The van der Waals surface area contributed by atoms with Crippen molar-refractivity contribution in [1.82, 2.24) is 14.5 Å². The zero-order valence-electron chi connectivity index (χ0n) is 23.6. The monoisotopic (exact) mass is 588 g/mol. The maximum absolute atomic E-state index is 15.2. The number of fused-ring (bicyclic) bond motifs is 1. The van der Waals surface area contributed by atoms with Crippen molar-refractivity contribution in [3.05, 3.63) is 100 Å². The Balaban J connectivity index is 1.43. The number of hydrogen-bond donors (Lipinski definition) is 1. The number of anilines is 1. The van der Waals surface area contributed by atoms with Crippen LogP contribution in [-0.4, -0.2) is 41.8 Å². The van der Waals surface area contributed by atoms with E-state index in [0.717, 1.165) is 6.07 Å². The van der Waals surface area contributed by atoms with Gasteiger partial charge in [0.2, 0.25) is 5.43 Å². The first-order valence-electron chi connectivity index (χ1n) is 12.9. The Morgan fingerprint density at radius 1 is 0.953 bits per heavy atom. The molecule has 0 saturated heterocycles. The normalized spacial score (nSPS) is 10.9. The summed E-state index contributed by atoms with van der Waals surface area (Å²) < 4.78 is 51.9. The van der Waals surface area contributed by atoms with Crippen LogP contribution in [-0.2, 0) is 18.4 Å². The largest absolute Gasteiger partial charge is 0.491 e. The minimum absolute atomic E-state index is 0.0790. The van der Waals surface area contributed by atoms with Crippen molar-refractivity contribution in [3.63, 3.8) is 0 Å². The molecule has 1 amide bonds. The van der Waals surface area contributed by atoms with E-state index in [4.69, 9.17) is 18.9 Å². The minimum Gasteiger partial charge on any atom is -0.491 e. The lowest BCUT2D eigenvalue weighted by Gasteiger charge is -2.16. The predicted molar refractivity (Wildman–Crippen MR) is 155 cm³/mol. The van der Waals surface area contributed by atoms with Gasteiger partial charge in [0.25, 0.3) is 11.8 Å². The first-order chi connectivity index (χ1) is 20.7. The molecule has 0 bridgehead atoms. The van der Waals surface area contributed by atoms with Gasteiger partial charge in [-0.15, -0.1) is 0 Å². The lowest BCUT2D eigenvalue weighted by molar-refractivity contribution is 0.102. The fourth-order valence-electron chi connectivity index (χ4n) is 4.52. The van der Waals surface area contributed by atoms with Crippen molar-refractivity contribution in [2.75, 3.05) is 26.6 Å². The number of rotatable bonds is 9. The number of pyridine rings is 3. The molecule has 220 valence electrons. The van der Waals surface area contributed by atoms with Crippen LogP contribution in [0.25, 0.3) is 22.2 Å². The number of carbonyl (C=O) groups excluding carboxylic acids is 1. The van der Waals surface area contributed by atoms with Crippen LogP contribution in [0.1, 0.15) is 16.1 Å². The number of aromatic nitrogens is 3. The molecule has 0 aliphatic heterocycles. The second-order valence-electron chi connectivity index (χ2n) is 9.32. The second kappa shape index (κ2) is 12.2. The molecular formula is C31H26F2N4O6. The van der Waals surface area contributed by atoms with Crippen LogP contribution in [0.3, 0.4) is 0 Å². The van der Waals surface area contributed by atoms with Gasteiger partial charge in [-0.3, -0.25) is 14.6 Å². The average Bonchev–Trinajstić information content (AvgIpc) is 3.00. The van der Waals surface area contributed by atoms with Gasteiger partial charge in [0.05, 0.1) is 37.6 Å². The van der Waals surface area contributed by atoms with E-state index in [-0.39, 0.29) is 40.8 Å². The summed E-state index contributed by atoms with van der Waals surface area (Å²) >= 11 is 0. The maximum atomic E-state index is 15.2. The summed E-state index contributed by atoms with van der Waals surface area (Å²) in [6, 6.07) is 12.3. The maximum Gasteiger partial charge on any atom is 0.261 e. The molecule has 1 N–H and O–H groups in total. The predicted octanol–water partition coefficient (Wildman–Crippen LogP) is 5.48. The summed E-state index contributed by atoms with van der Waals surface area (Å²) in [5.41, 5.74) is 1.19. The van der Waals surface area contributed by atoms with E-state index in [1.54, 1.807) is 17.7 Å². The molecule has 0 aliphatic carbocycles. The third-order valence-electron chi connectivity index (χ3n) is 6.60. The van der Waals surface area contributed by atoms with E-state index in [1.165, 1.54) is 76.2 Å². The van der Waals surface area contributed by atoms with Gasteiger partial charge in [0.15, 0.2) is 23.1 Å². The summed E-state index contributed by atoms with van der Waals surface area (Å²) in [7, 11) is 6.05. The fourth-order valence-corrected chi connectivity index (χ4v) is 4.52. The molecule has 0 saturated carbocycles.